The molecule has 0 bridgehead atoms. The summed E-state index contributed by atoms with van der Waals surface area (Å²) < 4.78 is 0. The fourth-order valence-electron chi connectivity index (χ4n) is 1.72. The van der Waals surface area contributed by atoms with Crippen molar-refractivity contribution in [3.8, 4) is 5.75 Å². The summed E-state index contributed by atoms with van der Waals surface area (Å²) in [6.07, 6.45) is 0.374. The molecule has 0 saturated heterocycles. The molecular weight excluding hydrogens is 260 g/mol. The van der Waals surface area contributed by atoms with Gasteiger partial charge in [-0.3, -0.25) is 9.69 Å². The molecule has 0 heterocycles. The predicted octanol–water partition coefficient (Wildman–Crippen LogP) is 2.04. The lowest BCUT2D eigenvalue weighted by molar-refractivity contribution is -0.141. The first kappa shape index (κ1) is 15.8. The van der Waals surface area contributed by atoms with Gasteiger partial charge in [0.15, 0.2) is 0 Å². The Bertz CT molecular complexity index is 476. The Morgan fingerprint density at radius 2 is 2.10 bits per heavy atom. The molecule has 0 fully saturated rings. The van der Waals surface area contributed by atoms with Crippen LogP contribution in [-0.4, -0.2) is 35.3 Å². The normalized spacial score (nSPS) is 11.7. The quantitative estimate of drug-likeness (QED) is 0.743. The van der Waals surface area contributed by atoms with E-state index in [1.54, 1.807) is 19.1 Å². The lowest BCUT2D eigenvalue weighted by Gasteiger charge is -2.22. The minimum atomic E-state index is -0.875. The zero-order chi connectivity index (χ0) is 15.1. The van der Waals surface area contributed by atoms with Gasteiger partial charge < -0.3 is 15.5 Å². The van der Waals surface area contributed by atoms with Crippen molar-refractivity contribution in [1.82, 2.24) is 5.32 Å². The Balaban J connectivity index is 2.58. The first-order valence-electron chi connectivity index (χ1n) is 6.53. The van der Waals surface area contributed by atoms with E-state index in [0.29, 0.717) is 25.2 Å². The summed E-state index contributed by atoms with van der Waals surface area (Å²) in [5.41, 5.74) is 0.594. The number of hydrogen-bond donors (Lipinski definition) is 3. The molecule has 1 aromatic rings. The average molecular weight is 280 g/mol. The average Bonchev–Trinajstić information content (AvgIpc) is 2.39. The smallest absolute Gasteiger partial charge is 0.321 e. The monoisotopic (exact) mass is 280 g/mol. The maximum atomic E-state index is 12.0. The van der Waals surface area contributed by atoms with Gasteiger partial charge in [-0.15, -0.1) is 0 Å². The number of aromatic hydroxyl groups is 1. The number of carboxylic acids is 1. The number of rotatable bonds is 6. The number of phenols is 1. The summed E-state index contributed by atoms with van der Waals surface area (Å²) in [5.74, 6) is -1.28. The highest BCUT2D eigenvalue weighted by molar-refractivity contribution is 5.92. The molecular formula is C14H20N2O4. The minimum Gasteiger partial charge on any atom is -0.508 e. The molecule has 0 saturated carbocycles. The number of carboxylic acid groups (broad SMARTS) is 1. The maximum absolute atomic E-state index is 12.0. The minimum absolute atomic E-state index is 0.0910. The summed E-state index contributed by atoms with van der Waals surface area (Å²) in [6.45, 7) is 4.16. The van der Waals surface area contributed by atoms with Crippen molar-refractivity contribution in [2.24, 2.45) is 5.92 Å². The van der Waals surface area contributed by atoms with Crippen LogP contribution < -0.4 is 10.2 Å². The van der Waals surface area contributed by atoms with Gasteiger partial charge in [0, 0.05) is 24.8 Å². The first-order valence-corrected chi connectivity index (χ1v) is 6.53. The van der Waals surface area contributed by atoms with E-state index in [4.69, 9.17) is 5.11 Å². The van der Waals surface area contributed by atoms with Crippen LogP contribution >= 0.6 is 0 Å². The maximum Gasteiger partial charge on any atom is 0.321 e. The van der Waals surface area contributed by atoms with E-state index in [9.17, 15) is 14.7 Å². The molecule has 2 amide bonds. The Labute approximate surface area is 118 Å². The summed E-state index contributed by atoms with van der Waals surface area (Å²) in [5, 5.41) is 20.9. The molecule has 6 heteroatoms. The molecule has 0 aliphatic rings. The second-order valence-electron chi connectivity index (χ2n) is 4.52. The van der Waals surface area contributed by atoms with Crippen molar-refractivity contribution in [3.05, 3.63) is 24.3 Å². The number of phenolic OH excluding ortho intramolecular Hbond substituents is 1. The van der Waals surface area contributed by atoms with E-state index in [2.05, 4.69) is 5.32 Å². The van der Waals surface area contributed by atoms with Gasteiger partial charge in [0.1, 0.15) is 5.75 Å². The topological polar surface area (TPSA) is 89.9 Å². The predicted molar refractivity (Wildman–Crippen MR) is 75.9 cm³/mol. The molecule has 1 atom stereocenters. The number of anilines is 1. The number of aliphatic carboxylic acids is 1. The number of carbonyl (C=O) groups is 2. The van der Waals surface area contributed by atoms with Crippen LogP contribution in [0.4, 0.5) is 10.5 Å². The standard InChI is InChI=1S/C14H20N2O4/c1-3-16(11-5-4-6-12(17)9-11)14(20)15-8-7-10(2)13(18)19/h4-6,9-10,17H,3,7-8H2,1-2H3,(H,15,20)(H,18,19). The SMILES string of the molecule is CCN(C(=O)NCCC(C)C(=O)O)c1cccc(O)c1. The molecule has 20 heavy (non-hydrogen) atoms. The van der Waals surface area contributed by atoms with Gasteiger partial charge >= 0.3 is 12.0 Å². The summed E-state index contributed by atoms with van der Waals surface area (Å²) in [4.78, 5) is 24.2. The highest BCUT2D eigenvalue weighted by atomic mass is 16.4. The van der Waals surface area contributed by atoms with E-state index >= 15 is 0 Å². The largest absolute Gasteiger partial charge is 0.508 e. The second kappa shape index (κ2) is 7.37. The van der Waals surface area contributed by atoms with Crippen molar-refractivity contribution in [3.63, 3.8) is 0 Å². The molecule has 6 nitrogen and oxygen atoms in total. The number of amides is 2. The van der Waals surface area contributed by atoms with Crippen molar-refractivity contribution < 1.29 is 19.8 Å². The highest BCUT2D eigenvalue weighted by Crippen LogP contribution is 2.19. The number of carbonyl (C=O) groups excluding carboxylic acids is 1. The molecule has 0 aliphatic carbocycles. The fraction of sp³-hybridized carbons (Fsp3) is 0.429. The van der Waals surface area contributed by atoms with Crippen LogP contribution in [0.5, 0.6) is 5.75 Å². The van der Waals surface area contributed by atoms with Gasteiger partial charge in [0.2, 0.25) is 0 Å². The van der Waals surface area contributed by atoms with E-state index in [1.165, 1.54) is 17.0 Å². The Kier molecular flexibility index (Phi) is 5.83. The van der Waals surface area contributed by atoms with Crippen LogP contribution in [0.25, 0.3) is 0 Å². The second-order valence-corrected chi connectivity index (χ2v) is 4.52. The zero-order valence-electron chi connectivity index (χ0n) is 11.7. The highest BCUT2D eigenvalue weighted by Gasteiger charge is 2.15. The third-order valence-corrected chi connectivity index (χ3v) is 2.98. The third-order valence-electron chi connectivity index (χ3n) is 2.98. The zero-order valence-corrected chi connectivity index (χ0v) is 11.7. The van der Waals surface area contributed by atoms with Crippen LogP contribution in [0.2, 0.25) is 0 Å². The molecule has 0 aliphatic heterocycles. The first-order chi connectivity index (χ1) is 9.45. The Morgan fingerprint density at radius 1 is 1.40 bits per heavy atom. The van der Waals surface area contributed by atoms with Crippen molar-refractivity contribution >= 4 is 17.7 Å². The van der Waals surface area contributed by atoms with E-state index in [-0.39, 0.29) is 11.8 Å². The lowest BCUT2D eigenvalue weighted by Crippen LogP contribution is -2.40. The number of nitrogens with one attached hydrogen (secondary N) is 1. The number of benzene rings is 1. The van der Waals surface area contributed by atoms with Gasteiger partial charge in [-0.25, -0.2) is 4.79 Å². The van der Waals surface area contributed by atoms with E-state index < -0.39 is 11.9 Å². The molecule has 0 spiro atoms. The Hall–Kier alpha value is -2.24. The van der Waals surface area contributed by atoms with Crippen LogP contribution in [0.3, 0.4) is 0 Å². The van der Waals surface area contributed by atoms with Crippen molar-refractivity contribution in [2.75, 3.05) is 18.0 Å². The molecule has 3 N–H and O–H groups in total. The van der Waals surface area contributed by atoms with Gasteiger partial charge in [-0.2, -0.15) is 0 Å². The van der Waals surface area contributed by atoms with Crippen molar-refractivity contribution in [1.29, 1.82) is 0 Å². The number of nitrogens with zero attached hydrogens (tertiary/aromatic N) is 1. The van der Waals surface area contributed by atoms with Gasteiger partial charge in [0.25, 0.3) is 0 Å². The summed E-state index contributed by atoms with van der Waals surface area (Å²) in [6, 6.07) is 6.11. The van der Waals surface area contributed by atoms with Crippen LogP contribution in [-0.2, 0) is 4.79 Å². The summed E-state index contributed by atoms with van der Waals surface area (Å²) >= 11 is 0. The van der Waals surface area contributed by atoms with E-state index in [0.717, 1.165) is 0 Å². The van der Waals surface area contributed by atoms with Gasteiger partial charge in [-0.1, -0.05) is 13.0 Å². The molecule has 1 aromatic carbocycles. The van der Waals surface area contributed by atoms with Gasteiger partial charge in [-0.05, 0) is 25.5 Å². The Morgan fingerprint density at radius 3 is 2.65 bits per heavy atom. The van der Waals surface area contributed by atoms with Gasteiger partial charge in [0.05, 0.1) is 5.92 Å². The molecule has 0 radical (unpaired) electrons. The molecule has 1 unspecified atom stereocenters. The lowest BCUT2D eigenvalue weighted by atomic mass is 10.1. The third kappa shape index (κ3) is 4.46. The molecule has 0 aromatic heterocycles. The molecule has 110 valence electrons. The van der Waals surface area contributed by atoms with Crippen LogP contribution in [0, 0.1) is 5.92 Å². The number of hydrogen-bond acceptors (Lipinski definition) is 3. The van der Waals surface area contributed by atoms with Crippen LogP contribution in [0.15, 0.2) is 24.3 Å². The van der Waals surface area contributed by atoms with Crippen LogP contribution in [0.1, 0.15) is 20.3 Å². The number of urea groups is 1. The van der Waals surface area contributed by atoms with Crippen molar-refractivity contribution in [2.45, 2.75) is 20.3 Å². The van der Waals surface area contributed by atoms with E-state index in [1.807, 2.05) is 6.92 Å². The molecule has 1 rings (SSSR count). The fourth-order valence-corrected chi connectivity index (χ4v) is 1.72. The summed E-state index contributed by atoms with van der Waals surface area (Å²) in [7, 11) is 0.